The Bertz CT molecular complexity index is 808. The van der Waals surface area contributed by atoms with Gasteiger partial charge in [0.1, 0.15) is 0 Å². The maximum atomic E-state index is 13.3. The van der Waals surface area contributed by atoms with Gasteiger partial charge in [-0.1, -0.05) is 54.1 Å². The monoisotopic (exact) mass is 339 g/mol. The van der Waals surface area contributed by atoms with E-state index in [0.717, 1.165) is 22.3 Å². The molecule has 2 aromatic carbocycles. The zero-order valence-electron chi connectivity index (χ0n) is 14.5. The van der Waals surface area contributed by atoms with Gasteiger partial charge in [-0.15, -0.1) is 0 Å². The van der Waals surface area contributed by atoms with Gasteiger partial charge in [-0.2, -0.15) is 0 Å². The fourth-order valence-electron chi connectivity index (χ4n) is 3.57. The van der Waals surface area contributed by atoms with Crippen molar-refractivity contribution < 1.29 is 4.79 Å². The largest absolute Gasteiger partial charge is 0.323 e. The molecule has 1 aliphatic heterocycles. The minimum Gasteiger partial charge on any atom is -0.323 e. The summed E-state index contributed by atoms with van der Waals surface area (Å²) in [7, 11) is 0. The van der Waals surface area contributed by atoms with Gasteiger partial charge >= 0.3 is 0 Å². The van der Waals surface area contributed by atoms with Crippen molar-refractivity contribution in [3.63, 3.8) is 0 Å². The predicted molar refractivity (Wildman–Crippen MR) is 99.8 cm³/mol. The van der Waals surface area contributed by atoms with Gasteiger partial charge in [0.25, 0.3) is 5.91 Å². The van der Waals surface area contributed by atoms with Crippen LogP contribution in [0.4, 0.5) is 0 Å². The summed E-state index contributed by atoms with van der Waals surface area (Å²) in [5.41, 5.74) is 3.51. The molecular formula is C21H22ClNO. The Labute approximate surface area is 148 Å². The van der Waals surface area contributed by atoms with Crippen molar-refractivity contribution in [3.05, 3.63) is 76.3 Å². The van der Waals surface area contributed by atoms with E-state index in [1.54, 1.807) is 0 Å². The third kappa shape index (κ3) is 2.65. The summed E-state index contributed by atoms with van der Waals surface area (Å²) >= 11 is 6.17. The van der Waals surface area contributed by atoms with Gasteiger partial charge < -0.3 is 4.90 Å². The fraction of sp³-hybridized carbons (Fsp3) is 0.286. The molecule has 1 amide bonds. The molecule has 3 rings (SSSR count). The van der Waals surface area contributed by atoms with Crippen LogP contribution in [0.1, 0.15) is 38.8 Å². The second kappa shape index (κ2) is 6.10. The molecule has 1 aliphatic rings. The Morgan fingerprint density at radius 3 is 2.33 bits per heavy atom. The zero-order valence-corrected chi connectivity index (χ0v) is 15.3. The van der Waals surface area contributed by atoms with E-state index in [0.29, 0.717) is 5.02 Å². The molecule has 2 nitrogen and oxygen atoms in total. The molecular weight excluding hydrogens is 318 g/mol. The molecule has 1 heterocycles. The van der Waals surface area contributed by atoms with Gasteiger partial charge in [0.05, 0.1) is 11.6 Å². The maximum Gasteiger partial charge on any atom is 0.255 e. The lowest BCUT2D eigenvalue weighted by Gasteiger charge is -2.40. The van der Waals surface area contributed by atoms with Gasteiger partial charge in [-0.25, -0.2) is 0 Å². The number of carbonyl (C=O) groups is 1. The highest BCUT2D eigenvalue weighted by Gasteiger charge is 2.43. The Kier molecular flexibility index (Phi) is 4.27. The lowest BCUT2D eigenvalue weighted by atomic mass is 9.91. The van der Waals surface area contributed by atoms with Crippen molar-refractivity contribution in [3.8, 4) is 0 Å². The van der Waals surface area contributed by atoms with Crippen molar-refractivity contribution in [2.45, 2.75) is 39.3 Å². The molecule has 0 saturated carbocycles. The highest BCUT2D eigenvalue weighted by atomic mass is 35.5. The zero-order chi connectivity index (χ0) is 17.5. The Morgan fingerprint density at radius 1 is 1.04 bits per heavy atom. The van der Waals surface area contributed by atoms with Crippen molar-refractivity contribution in [1.29, 1.82) is 0 Å². The summed E-state index contributed by atoms with van der Waals surface area (Å²) in [6.07, 6.45) is 0. The molecule has 24 heavy (non-hydrogen) atoms. The summed E-state index contributed by atoms with van der Waals surface area (Å²) in [4.78, 5) is 15.2. The average Bonchev–Trinajstić information content (AvgIpc) is 2.78. The number of nitrogens with zero attached hydrogens (tertiary/aromatic N) is 1. The Morgan fingerprint density at radius 2 is 1.71 bits per heavy atom. The molecule has 0 aromatic heterocycles. The Balaban J connectivity index is 2.04. The smallest absolute Gasteiger partial charge is 0.255 e. The van der Waals surface area contributed by atoms with Crippen LogP contribution in [0.3, 0.4) is 0 Å². The second-order valence-corrected chi connectivity index (χ2v) is 7.28. The van der Waals surface area contributed by atoms with E-state index in [1.807, 2.05) is 59.5 Å². The predicted octanol–water partition coefficient (Wildman–Crippen LogP) is 5.28. The highest BCUT2D eigenvalue weighted by molar-refractivity contribution is 6.30. The third-order valence-electron chi connectivity index (χ3n) is 5.04. The normalized spacial score (nSPS) is 18.5. The van der Waals surface area contributed by atoms with Crippen LogP contribution in [0.25, 0.3) is 5.57 Å². The number of amides is 1. The van der Waals surface area contributed by atoms with Gasteiger partial charge in [0.15, 0.2) is 0 Å². The standard InChI is InChI=1S/C21H22ClNO/c1-14-15(2)23(20(24)19(14)16-9-6-5-7-10-16)21(3,4)17-11-8-12-18(22)13-17/h5-13,15H,1-4H3. The molecule has 0 N–H and O–H groups in total. The van der Waals surface area contributed by atoms with Gasteiger partial charge in [0, 0.05) is 10.6 Å². The number of rotatable bonds is 3. The molecule has 1 unspecified atom stereocenters. The van der Waals surface area contributed by atoms with Gasteiger partial charge in [-0.3, -0.25) is 4.79 Å². The first kappa shape index (κ1) is 16.8. The van der Waals surface area contributed by atoms with Crippen LogP contribution in [-0.2, 0) is 10.3 Å². The van der Waals surface area contributed by atoms with E-state index in [2.05, 4.69) is 27.7 Å². The van der Waals surface area contributed by atoms with E-state index < -0.39 is 5.54 Å². The lowest BCUT2D eigenvalue weighted by Crippen LogP contribution is -2.47. The molecule has 0 radical (unpaired) electrons. The summed E-state index contributed by atoms with van der Waals surface area (Å²) in [6, 6.07) is 17.7. The summed E-state index contributed by atoms with van der Waals surface area (Å²) in [5.74, 6) is 0.0798. The summed E-state index contributed by atoms with van der Waals surface area (Å²) in [5, 5.41) is 0.688. The van der Waals surface area contributed by atoms with Crippen LogP contribution in [0.15, 0.2) is 60.2 Å². The molecule has 0 spiro atoms. The average molecular weight is 340 g/mol. The number of hydrogen-bond donors (Lipinski definition) is 0. The molecule has 1 atom stereocenters. The van der Waals surface area contributed by atoms with Crippen molar-refractivity contribution in [2.75, 3.05) is 0 Å². The first-order valence-electron chi connectivity index (χ1n) is 8.20. The van der Waals surface area contributed by atoms with Gasteiger partial charge in [-0.05, 0) is 56.5 Å². The van der Waals surface area contributed by atoms with Crippen LogP contribution in [0, 0.1) is 0 Å². The van der Waals surface area contributed by atoms with E-state index in [1.165, 1.54) is 0 Å². The topological polar surface area (TPSA) is 20.3 Å². The highest BCUT2D eigenvalue weighted by Crippen LogP contribution is 2.41. The van der Waals surface area contributed by atoms with Crippen LogP contribution >= 0.6 is 11.6 Å². The Hall–Kier alpha value is -2.06. The van der Waals surface area contributed by atoms with E-state index in [4.69, 9.17) is 11.6 Å². The summed E-state index contributed by atoms with van der Waals surface area (Å²) in [6.45, 7) is 8.30. The van der Waals surface area contributed by atoms with E-state index in [9.17, 15) is 4.79 Å². The van der Waals surface area contributed by atoms with Crippen LogP contribution in [-0.4, -0.2) is 16.8 Å². The van der Waals surface area contributed by atoms with Crippen LogP contribution < -0.4 is 0 Å². The molecule has 0 aliphatic carbocycles. The molecule has 0 bridgehead atoms. The molecule has 0 fully saturated rings. The van der Waals surface area contributed by atoms with Crippen molar-refractivity contribution >= 4 is 23.1 Å². The SMILES string of the molecule is CC1=C(c2ccccc2)C(=O)N(C(C)(C)c2cccc(Cl)c2)C1C. The molecule has 3 heteroatoms. The quantitative estimate of drug-likeness (QED) is 0.745. The number of carbonyl (C=O) groups excluding carboxylic acids is 1. The molecule has 2 aromatic rings. The van der Waals surface area contributed by atoms with Crippen molar-refractivity contribution in [2.24, 2.45) is 0 Å². The lowest BCUT2D eigenvalue weighted by molar-refractivity contribution is -0.130. The van der Waals surface area contributed by atoms with E-state index >= 15 is 0 Å². The van der Waals surface area contributed by atoms with Crippen molar-refractivity contribution in [1.82, 2.24) is 4.90 Å². The first-order valence-corrected chi connectivity index (χ1v) is 8.57. The van der Waals surface area contributed by atoms with E-state index in [-0.39, 0.29) is 11.9 Å². The summed E-state index contributed by atoms with van der Waals surface area (Å²) < 4.78 is 0. The van der Waals surface area contributed by atoms with Gasteiger partial charge in [0.2, 0.25) is 0 Å². The maximum absolute atomic E-state index is 13.3. The minimum absolute atomic E-state index is 0.0432. The number of halogens is 1. The second-order valence-electron chi connectivity index (χ2n) is 6.84. The number of hydrogen-bond acceptors (Lipinski definition) is 1. The minimum atomic E-state index is -0.445. The third-order valence-corrected chi connectivity index (χ3v) is 5.27. The number of benzene rings is 2. The molecule has 0 saturated heterocycles. The van der Waals surface area contributed by atoms with Crippen LogP contribution in [0.2, 0.25) is 5.02 Å². The molecule has 124 valence electrons. The van der Waals surface area contributed by atoms with Crippen LogP contribution in [0.5, 0.6) is 0 Å². The first-order chi connectivity index (χ1) is 11.3. The fourth-order valence-corrected chi connectivity index (χ4v) is 3.76.